The molecule has 0 amide bonds. The van der Waals surface area contributed by atoms with Crippen molar-refractivity contribution in [2.75, 3.05) is 0 Å². The van der Waals surface area contributed by atoms with Crippen LogP contribution in [0.4, 0.5) is 0 Å². The Bertz CT molecular complexity index is 850. The minimum absolute atomic E-state index is 0.266. The highest BCUT2D eigenvalue weighted by Crippen LogP contribution is 2.59. The van der Waals surface area contributed by atoms with Crippen LogP contribution in [0.5, 0.6) is 0 Å². The van der Waals surface area contributed by atoms with E-state index in [1.165, 1.54) is 31.3 Å². The lowest BCUT2D eigenvalue weighted by molar-refractivity contribution is -0.0314. The molecule has 3 aliphatic rings. The molecular weight excluding hydrogens is 424 g/mol. The van der Waals surface area contributed by atoms with Gasteiger partial charge in [-0.15, -0.1) is 0 Å². The molecular formula is C30H46O4. The zero-order valence-electron chi connectivity index (χ0n) is 21.6. The van der Waals surface area contributed by atoms with Gasteiger partial charge in [0.2, 0.25) is 0 Å². The number of hydrogen-bond acceptors (Lipinski definition) is 4. The molecule has 0 saturated heterocycles. The van der Waals surface area contributed by atoms with Gasteiger partial charge in [-0.3, -0.25) is 0 Å². The molecule has 34 heavy (non-hydrogen) atoms. The van der Waals surface area contributed by atoms with Crippen LogP contribution in [-0.4, -0.2) is 44.3 Å². The van der Waals surface area contributed by atoms with E-state index in [1.807, 2.05) is 19.1 Å². The van der Waals surface area contributed by atoms with Crippen LogP contribution in [0.1, 0.15) is 79.1 Å². The number of rotatable bonds is 7. The van der Waals surface area contributed by atoms with Crippen LogP contribution < -0.4 is 0 Å². The zero-order chi connectivity index (χ0) is 25.1. The fourth-order valence-electron chi connectivity index (χ4n) is 6.76. The van der Waals surface area contributed by atoms with Crippen LogP contribution in [-0.2, 0) is 0 Å². The van der Waals surface area contributed by atoms with Gasteiger partial charge >= 0.3 is 0 Å². The van der Waals surface area contributed by atoms with Crippen LogP contribution >= 0.6 is 0 Å². The average Bonchev–Trinajstić information content (AvgIpc) is 3.15. The minimum Gasteiger partial charge on any atom is -0.393 e. The Morgan fingerprint density at radius 3 is 2.59 bits per heavy atom. The lowest BCUT2D eigenvalue weighted by atomic mass is 9.61. The van der Waals surface area contributed by atoms with Gasteiger partial charge in [0, 0.05) is 6.42 Å². The molecule has 0 unspecified atom stereocenters. The summed E-state index contributed by atoms with van der Waals surface area (Å²) in [5.41, 5.74) is 2.33. The van der Waals surface area contributed by atoms with Crippen molar-refractivity contribution in [3.63, 3.8) is 0 Å². The quantitative estimate of drug-likeness (QED) is 0.376. The van der Waals surface area contributed by atoms with Crippen molar-refractivity contribution in [3.8, 4) is 0 Å². The third-order valence-electron chi connectivity index (χ3n) is 9.14. The highest BCUT2D eigenvalue weighted by molar-refractivity contribution is 5.38. The van der Waals surface area contributed by atoms with Gasteiger partial charge in [0.25, 0.3) is 0 Å². The standard InChI is InChI=1S/C30H46O4/c1-6-30(34,22(4)31)17-8-7-10-20(2)26-14-15-27-23(11-9-16-29(26,27)5)12-13-24-18-25(32)19-28(33)21(24)3/h7-8,10,12-13,17,20,22,25-28,31-34H,3,6,9,11,14-16,18-19H2,1-2,4-5H3/b10-7+,17-8+,23-12+,24-13+/t20-,22-,25-,26-,27+,28+,29-,30+/m1/s1. The maximum atomic E-state index is 10.5. The summed E-state index contributed by atoms with van der Waals surface area (Å²) in [4.78, 5) is 0. The third-order valence-corrected chi connectivity index (χ3v) is 9.14. The average molecular weight is 471 g/mol. The van der Waals surface area contributed by atoms with Crippen molar-refractivity contribution in [1.82, 2.24) is 0 Å². The maximum Gasteiger partial charge on any atom is 0.108 e. The van der Waals surface area contributed by atoms with E-state index in [1.54, 1.807) is 13.0 Å². The molecule has 3 fully saturated rings. The van der Waals surface area contributed by atoms with E-state index in [9.17, 15) is 20.4 Å². The summed E-state index contributed by atoms with van der Waals surface area (Å²) in [5.74, 6) is 1.61. The first-order valence-electron chi connectivity index (χ1n) is 13.2. The summed E-state index contributed by atoms with van der Waals surface area (Å²) in [6.45, 7) is 12.3. The molecule has 4 N–H and O–H groups in total. The zero-order valence-corrected chi connectivity index (χ0v) is 21.6. The first-order chi connectivity index (χ1) is 16.0. The predicted molar refractivity (Wildman–Crippen MR) is 139 cm³/mol. The molecule has 4 nitrogen and oxygen atoms in total. The van der Waals surface area contributed by atoms with Crippen LogP contribution in [0.2, 0.25) is 0 Å². The van der Waals surface area contributed by atoms with Gasteiger partial charge in [-0.25, -0.2) is 0 Å². The van der Waals surface area contributed by atoms with E-state index in [4.69, 9.17) is 0 Å². The molecule has 8 atom stereocenters. The summed E-state index contributed by atoms with van der Waals surface area (Å²) in [6, 6.07) is 0. The Morgan fingerprint density at radius 2 is 1.91 bits per heavy atom. The number of fused-ring (bicyclic) bond motifs is 1. The topological polar surface area (TPSA) is 80.9 Å². The first-order valence-corrected chi connectivity index (χ1v) is 13.2. The fourth-order valence-corrected chi connectivity index (χ4v) is 6.76. The molecule has 4 heteroatoms. The van der Waals surface area contributed by atoms with E-state index >= 15 is 0 Å². The number of allylic oxidation sites excluding steroid dienone is 6. The van der Waals surface area contributed by atoms with Crippen molar-refractivity contribution >= 4 is 0 Å². The Hall–Kier alpha value is -1.46. The second-order valence-electron chi connectivity index (χ2n) is 11.3. The Morgan fingerprint density at radius 1 is 1.18 bits per heavy atom. The Labute approximate surface area is 206 Å². The van der Waals surface area contributed by atoms with Crippen molar-refractivity contribution in [3.05, 3.63) is 59.8 Å². The van der Waals surface area contributed by atoms with Crippen molar-refractivity contribution < 1.29 is 20.4 Å². The minimum atomic E-state index is -1.18. The lowest BCUT2D eigenvalue weighted by Crippen LogP contribution is -2.37. The number of hydrogen-bond donors (Lipinski definition) is 4. The molecule has 0 aliphatic heterocycles. The van der Waals surface area contributed by atoms with Gasteiger partial charge in [0.15, 0.2) is 0 Å². The van der Waals surface area contributed by atoms with Crippen molar-refractivity contribution in [2.24, 2.45) is 23.2 Å². The molecule has 0 aromatic carbocycles. The largest absolute Gasteiger partial charge is 0.393 e. The van der Waals surface area contributed by atoms with E-state index in [-0.39, 0.29) is 5.41 Å². The van der Waals surface area contributed by atoms with Gasteiger partial charge in [0.05, 0.1) is 18.3 Å². The normalized spacial score (nSPS) is 38.5. The molecule has 0 bridgehead atoms. The molecule has 0 aromatic heterocycles. The molecule has 0 aromatic rings. The summed E-state index contributed by atoms with van der Waals surface area (Å²) in [7, 11) is 0. The number of aliphatic hydroxyl groups excluding tert-OH is 3. The molecule has 190 valence electrons. The molecule has 3 aliphatic carbocycles. The molecule has 0 radical (unpaired) electrons. The third kappa shape index (κ3) is 5.67. The van der Waals surface area contributed by atoms with Gasteiger partial charge < -0.3 is 20.4 Å². The highest BCUT2D eigenvalue weighted by Gasteiger charge is 2.50. The first kappa shape index (κ1) is 27.1. The van der Waals surface area contributed by atoms with Gasteiger partial charge in [-0.1, -0.05) is 69.4 Å². The van der Waals surface area contributed by atoms with E-state index < -0.39 is 23.9 Å². The van der Waals surface area contributed by atoms with Crippen molar-refractivity contribution in [1.29, 1.82) is 0 Å². The summed E-state index contributed by atoms with van der Waals surface area (Å²) in [6.07, 6.45) is 17.7. The van der Waals surface area contributed by atoms with Gasteiger partial charge in [0.1, 0.15) is 5.60 Å². The smallest absolute Gasteiger partial charge is 0.108 e. The fraction of sp³-hybridized carbons (Fsp3) is 0.667. The van der Waals surface area contributed by atoms with E-state index in [0.717, 1.165) is 17.6 Å². The molecule has 3 rings (SSSR count). The van der Waals surface area contributed by atoms with Gasteiger partial charge in [-0.2, -0.15) is 0 Å². The molecule has 0 heterocycles. The summed E-state index contributed by atoms with van der Waals surface area (Å²) >= 11 is 0. The Kier molecular flexibility index (Phi) is 8.84. The van der Waals surface area contributed by atoms with Crippen LogP contribution in [0.25, 0.3) is 0 Å². The summed E-state index contributed by atoms with van der Waals surface area (Å²) in [5, 5.41) is 40.5. The van der Waals surface area contributed by atoms with Crippen LogP contribution in [0.3, 0.4) is 0 Å². The SMILES string of the molecule is C=C1/C(=C/C=C2\CCC[C@]3(C)[C@@H]([C@H](C)/C=C/C=C/[C@@](O)(CC)[C@@H](C)O)CC[C@@H]23)C[C@@H](O)C[C@@H]1O. The predicted octanol–water partition coefficient (Wildman–Crippen LogP) is 5.40. The molecule has 3 saturated carbocycles. The van der Waals surface area contributed by atoms with Crippen LogP contribution in [0, 0.1) is 23.2 Å². The maximum absolute atomic E-state index is 10.5. The second kappa shape index (κ2) is 11.1. The number of aliphatic hydroxyl groups is 4. The van der Waals surface area contributed by atoms with E-state index in [0.29, 0.717) is 37.0 Å². The Balaban J connectivity index is 1.72. The van der Waals surface area contributed by atoms with Crippen molar-refractivity contribution in [2.45, 2.75) is 103 Å². The van der Waals surface area contributed by atoms with Gasteiger partial charge in [-0.05, 0) is 86.2 Å². The summed E-state index contributed by atoms with van der Waals surface area (Å²) < 4.78 is 0. The van der Waals surface area contributed by atoms with E-state index in [2.05, 4.69) is 38.7 Å². The lowest BCUT2D eigenvalue weighted by Gasteiger charge is -2.44. The van der Waals surface area contributed by atoms with Crippen LogP contribution in [0.15, 0.2) is 59.8 Å². The molecule has 0 spiro atoms. The highest BCUT2D eigenvalue weighted by atomic mass is 16.3. The monoisotopic (exact) mass is 470 g/mol. The second-order valence-corrected chi connectivity index (χ2v) is 11.3.